The van der Waals surface area contributed by atoms with Gasteiger partial charge in [-0.15, -0.1) is 37.2 Å². The van der Waals surface area contributed by atoms with Crippen molar-refractivity contribution in [2.45, 2.75) is 26.7 Å². The molecule has 0 saturated carbocycles. The van der Waals surface area contributed by atoms with E-state index >= 15 is 0 Å². The molecule has 2 aromatic rings. The SMILES string of the molecule is CCN(CC)CCCNCCCNc1cc(OC)cc2cccnc12.Cl.Cl.Cl. The maximum absolute atomic E-state index is 5.39. The number of nitrogens with one attached hydrogen (secondary N) is 2. The summed E-state index contributed by atoms with van der Waals surface area (Å²) in [6.45, 7) is 10.9. The molecular weight excluding hydrogens is 419 g/mol. The molecule has 1 heterocycles. The molecule has 0 aliphatic carbocycles. The lowest BCUT2D eigenvalue weighted by Gasteiger charge is -2.17. The van der Waals surface area contributed by atoms with Crippen molar-refractivity contribution in [3.05, 3.63) is 30.5 Å². The summed E-state index contributed by atoms with van der Waals surface area (Å²) in [7, 11) is 1.70. The van der Waals surface area contributed by atoms with E-state index in [4.69, 9.17) is 4.74 Å². The van der Waals surface area contributed by atoms with Crippen LogP contribution in [-0.2, 0) is 0 Å². The van der Waals surface area contributed by atoms with Crippen LogP contribution in [0.1, 0.15) is 26.7 Å². The molecular formula is C20H35Cl3N4O. The van der Waals surface area contributed by atoms with Crippen LogP contribution in [0.5, 0.6) is 5.75 Å². The second-order valence-corrected chi connectivity index (χ2v) is 6.16. The third-order valence-electron chi connectivity index (χ3n) is 4.48. The highest BCUT2D eigenvalue weighted by Crippen LogP contribution is 2.27. The van der Waals surface area contributed by atoms with Crippen LogP contribution in [0.4, 0.5) is 5.69 Å². The molecule has 0 fully saturated rings. The number of aromatic nitrogens is 1. The van der Waals surface area contributed by atoms with Crippen molar-refractivity contribution >= 4 is 53.8 Å². The van der Waals surface area contributed by atoms with Crippen LogP contribution in [-0.4, -0.2) is 56.3 Å². The zero-order chi connectivity index (χ0) is 17.9. The Morgan fingerprint density at radius 1 is 1.00 bits per heavy atom. The summed E-state index contributed by atoms with van der Waals surface area (Å²) in [5, 5.41) is 8.12. The Kier molecular flexibility index (Phi) is 17.7. The summed E-state index contributed by atoms with van der Waals surface area (Å²) in [6, 6.07) is 8.05. The molecule has 0 aliphatic rings. The minimum Gasteiger partial charge on any atom is -0.497 e. The molecule has 1 aromatic carbocycles. The largest absolute Gasteiger partial charge is 0.497 e. The maximum atomic E-state index is 5.39. The topological polar surface area (TPSA) is 49.4 Å². The second-order valence-electron chi connectivity index (χ2n) is 6.16. The Bertz CT molecular complexity index is 642. The second kappa shape index (κ2) is 16.9. The van der Waals surface area contributed by atoms with Crippen LogP contribution < -0.4 is 15.4 Å². The van der Waals surface area contributed by atoms with E-state index in [-0.39, 0.29) is 37.2 Å². The predicted octanol–water partition coefficient (Wildman–Crippen LogP) is 4.63. The van der Waals surface area contributed by atoms with Crippen molar-refractivity contribution < 1.29 is 4.74 Å². The molecule has 0 spiro atoms. The van der Waals surface area contributed by atoms with Crippen LogP contribution in [0.15, 0.2) is 30.5 Å². The fourth-order valence-electron chi connectivity index (χ4n) is 2.95. The van der Waals surface area contributed by atoms with E-state index < -0.39 is 0 Å². The molecule has 0 atom stereocenters. The number of anilines is 1. The van der Waals surface area contributed by atoms with Gasteiger partial charge in [0.1, 0.15) is 5.75 Å². The van der Waals surface area contributed by atoms with Crippen molar-refractivity contribution in [3.8, 4) is 5.75 Å². The van der Waals surface area contributed by atoms with Gasteiger partial charge in [0.25, 0.3) is 0 Å². The van der Waals surface area contributed by atoms with Crippen molar-refractivity contribution in [1.82, 2.24) is 15.2 Å². The first-order valence-corrected chi connectivity index (χ1v) is 9.38. The average Bonchev–Trinajstić information content (AvgIpc) is 2.66. The first-order valence-electron chi connectivity index (χ1n) is 9.38. The lowest BCUT2D eigenvalue weighted by molar-refractivity contribution is 0.298. The van der Waals surface area contributed by atoms with Gasteiger partial charge >= 0.3 is 0 Å². The molecule has 0 radical (unpaired) electrons. The third kappa shape index (κ3) is 9.48. The molecule has 162 valence electrons. The number of methoxy groups -OCH3 is 1. The highest BCUT2D eigenvalue weighted by Gasteiger charge is 2.05. The van der Waals surface area contributed by atoms with Gasteiger partial charge in [-0.1, -0.05) is 19.9 Å². The van der Waals surface area contributed by atoms with Crippen LogP contribution in [0, 0.1) is 0 Å². The molecule has 0 aliphatic heterocycles. The zero-order valence-corrected chi connectivity index (χ0v) is 19.5. The van der Waals surface area contributed by atoms with Gasteiger partial charge in [0.05, 0.1) is 18.3 Å². The normalized spacial score (nSPS) is 10.0. The van der Waals surface area contributed by atoms with E-state index in [1.54, 1.807) is 7.11 Å². The zero-order valence-electron chi connectivity index (χ0n) is 17.1. The number of hydrogen-bond donors (Lipinski definition) is 2. The number of halogens is 3. The fourth-order valence-corrected chi connectivity index (χ4v) is 2.95. The van der Waals surface area contributed by atoms with E-state index in [1.807, 2.05) is 24.4 Å². The monoisotopic (exact) mass is 452 g/mol. The molecule has 0 saturated heterocycles. The molecule has 0 bridgehead atoms. The summed E-state index contributed by atoms with van der Waals surface area (Å²) in [5.41, 5.74) is 2.03. The van der Waals surface area contributed by atoms with E-state index in [1.165, 1.54) is 13.0 Å². The number of pyridine rings is 1. The lowest BCUT2D eigenvalue weighted by Crippen LogP contribution is -2.27. The first-order chi connectivity index (χ1) is 12.3. The number of ether oxygens (including phenoxy) is 1. The molecule has 0 unspecified atom stereocenters. The summed E-state index contributed by atoms with van der Waals surface area (Å²) in [4.78, 5) is 6.95. The quantitative estimate of drug-likeness (QED) is 0.459. The highest BCUT2D eigenvalue weighted by atomic mass is 35.5. The van der Waals surface area contributed by atoms with Gasteiger partial charge in [0, 0.05) is 24.2 Å². The Hall–Kier alpha value is -0.980. The van der Waals surface area contributed by atoms with E-state index in [0.29, 0.717) is 0 Å². The molecule has 0 amide bonds. The van der Waals surface area contributed by atoms with Crippen molar-refractivity contribution in [3.63, 3.8) is 0 Å². The van der Waals surface area contributed by atoms with Crippen molar-refractivity contribution in [1.29, 1.82) is 0 Å². The van der Waals surface area contributed by atoms with Gasteiger partial charge in [0.2, 0.25) is 0 Å². The Morgan fingerprint density at radius 2 is 1.71 bits per heavy atom. The van der Waals surface area contributed by atoms with E-state index in [9.17, 15) is 0 Å². The Morgan fingerprint density at radius 3 is 2.39 bits per heavy atom. The maximum Gasteiger partial charge on any atom is 0.121 e. The Labute approximate surface area is 188 Å². The fraction of sp³-hybridized carbons (Fsp3) is 0.550. The number of nitrogens with zero attached hydrogens (tertiary/aromatic N) is 2. The van der Waals surface area contributed by atoms with Crippen LogP contribution in [0.25, 0.3) is 10.9 Å². The summed E-state index contributed by atoms with van der Waals surface area (Å²) < 4.78 is 5.39. The van der Waals surface area contributed by atoms with E-state index in [0.717, 1.165) is 61.5 Å². The summed E-state index contributed by atoms with van der Waals surface area (Å²) >= 11 is 0. The number of hydrogen-bond acceptors (Lipinski definition) is 5. The van der Waals surface area contributed by atoms with E-state index in [2.05, 4.69) is 40.4 Å². The molecule has 8 heteroatoms. The molecule has 2 rings (SSSR count). The van der Waals surface area contributed by atoms with Gasteiger partial charge in [-0.2, -0.15) is 0 Å². The minimum absolute atomic E-state index is 0. The first kappa shape index (κ1) is 29.2. The van der Waals surface area contributed by atoms with Gasteiger partial charge in [-0.05, 0) is 57.7 Å². The van der Waals surface area contributed by atoms with Gasteiger partial charge in [-0.3, -0.25) is 4.98 Å². The molecule has 2 N–H and O–H groups in total. The molecule has 5 nitrogen and oxygen atoms in total. The van der Waals surface area contributed by atoms with Crippen molar-refractivity contribution in [2.24, 2.45) is 0 Å². The van der Waals surface area contributed by atoms with Crippen molar-refractivity contribution in [2.75, 3.05) is 51.7 Å². The molecule has 1 aromatic heterocycles. The average molecular weight is 454 g/mol. The van der Waals surface area contributed by atoms with Gasteiger partial charge in [0.15, 0.2) is 0 Å². The molecule has 28 heavy (non-hydrogen) atoms. The highest BCUT2D eigenvalue weighted by molar-refractivity contribution is 5.91. The third-order valence-corrected chi connectivity index (χ3v) is 4.48. The number of benzene rings is 1. The number of fused-ring (bicyclic) bond motifs is 1. The minimum atomic E-state index is 0. The smallest absolute Gasteiger partial charge is 0.121 e. The van der Waals surface area contributed by atoms with Crippen LogP contribution in [0.3, 0.4) is 0 Å². The van der Waals surface area contributed by atoms with Gasteiger partial charge in [-0.25, -0.2) is 0 Å². The summed E-state index contributed by atoms with van der Waals surface area (Å²) in [6.07, 6.45) is 4.12. The predicted molar refractivity (Wildman–Crippen MR) is 128 cm³/mol. The lowest BCUT2D eigenvalue weighted by atomic mass is 10.1. The standard InChI is InChI=1S/C20H32N4O.3ClH/c1-4-24(5-2)14-8-11-21-10-7-13-22-19-16-18(25-3)15-17-9-6-12-23-20(17)19;;;/h6,9,12,15-16,21-22H,4-5,7-8,10-11,13-14H2,1-3H3;3*1H. The van der Waals surface area contributed by atoms with Crippen LogP contribution >= 0.6 is 37.2 Å². The Balaban J connectivity index is 0. The van der Waals surface area contributed by atoms with Crippen LogP contribution in [0.2, 0.25) is 0 Å². The van der Waals surface area contributed by atoms with Gasteiger partial charge < -0.3 is 20.3 Å². The number of rotatable bonds is 12. The summed E-state index contributed by atoms with van der Waals surface area (Å²) in [5.74, 6) is 0.859.